The van der Waals surface area contributed by atoms with Gasteiger partial charge >= 0.3 is 0 Å². The molecule has 174 valence electrons. The Morgan fingerprint density at radius 1 is 0.857 bits per heavy atom. The van der Waals surface area contributed by atoms with E-state index in [1.807, 2.05) is 24.3 Å². The van der Waals surface area contributed by atoms with E-state index in [1.54, 1.807) is 50.9 Å². The minimum Gasteiger partial charge on any atom is -0.493 e. The van der Waals surface area contributed by atoms with Crippen molar-refractivity contribution in [1.29, 1.82) is 0 Å². The minimum absolute atomic E-state index is 0.120. The zero-order valence-electron chi connectivity index (χ0n) is 19.0. The van der Waals surface area contributed by atoms with Crippen molar-refractivity contribution in [3.05, 3.63) is 77.6 Å². The SMILES string of the molecule is COc1ccc(-c2c3c(cc4cc5c(cc24)OCO5)C(=O)N(Cc2ccncc2)C3=O)cc1OC. The zero-order chi connectivity index (χ0) is 24.1. The van der Waals surface area contributed by atoms with E-state index in [0.717, 1.165) is 21.9 Å². The molecule has 0 unspecified atom stereocenters. The predicted molar refractivity (Wildman–Crippen MR) is 127 cm³/mol. The Hall–Kier alpha value is -4.59. The van der Waals surface area contributed by atoms with Gasteiger partial charge in [0.1, 0.15) is 0 Å². The quantitative estimate of drug-likeness (QED) is 0.400. The van der Waals surface area contributed by atoms with Gasteiger partial charge in [0.05, 0.1) is 31.9 Å². The maximum absolute atomic E-state index is 13.7. The molecule has 3 aromatic carbocycles. The lowest BCUT2D eigenvalue weighted by molar-refractivity contribution is 0.0642. The van der Waals surface area contributed by atoms with E-state index in [0.29, 0.717) is 39.7 Å². The standard InChI is InChI=1S/C27H20N2O6/c1-32-20-4-3-16(10-21(20)33-2)24-18-12-23-22(34-14-35-23)11-17(18)9-19-25(24)27(31)29(26(19)30)13-15-5-7-28-8-6-15/h3-12H,13-14H2,1-2H3. The molecule has 2 amide bonds. The molecule has 0 spiro atoms. The summed E-state index contributed by atoms with van der Waals surface area (Å²) in [6.07, 6.45) is 3.27. The summed E-state index contributed by atoms with van der Waals surface area (Å²) in [5.74, 6) is 1.56. The summed E-state index contributed by atoms with van der Waals surface area (Å²) < 4.78 is 22.1. The maximum Gasteiger partial charge on any atom is 0.262 e. The van der Waals surface area contributed by atoms with Crippen LogP contribution < -0.4 is 18.9 Å². The number of rotatable bonds is 5. The molecule has 2 aliphatic rings. The molecular weight excluding hydrogens is 448 g/mol. The van der Waals surface area contributed by atoms with Crippen molar-refractivity contribution in [2.24, 2.45) is 0 Å². The number of hydrogen-bond donors (Lipinski definition) is 0. The molecule has 0 radical (unpaired) electrons. The summed E-state index contributed by atoms with van der Waals surface area (Å²) >= 11 is 0. The van der Waals surface area contributed by atoms with E-state index in [4.69, 9.17) is 18.9 Å². The van der Waals surface area contributed by atoms with Gasteiger partial charge in [-0.2, -0.15) is 0 Å². The van der Waals surface area contributed by atoms with Crippen LogP contribution >= 0.6 is 0 Å². The fourth-order valence-corrected chi connectivity index (χ4v) is 4.66. The summed E-state index contributed by atoms with van der Waals surface area (Å²) in [5.41, 5.74) is 2.86. The lowest BCUT2D eigenvalue weighted by atomic mass is 9.90. The lowest BCUT2D eigenvalue weighted by Gasteiger charge is -2.15. The van der Waals surface area contributed by atoms with Gasteiger partial charge in [0, 0.05) is 18.0 Å². The van der Waals surface area contributed by atoms with Gasteiger partial charge in [-0.15, -0.1) is 0 Å². The molecule has 0 fully saturated rings. The number of imide groups is 1. The fourth-order valence-electron chi connectivity index (χ4n) is 4.66. The van der Waals surface area contributed by atoms with Crippen molar-refractivity contribution in [3.8, 4) is 34.1 Å². The first kappa shape index (κ1) is 21.0. The second-order valence-electron chi connectivity index (χ2n) is 8.22. The van der Waals surface area contributed by atoms with E-state index in [2.05, 4.69) is 4.98 Å². The van der Waals surface area contributed by atoms with Crippen molar-refractivity contribution >= 4 is 22.6 Å². The second kappa shape index (κ2) is 8.02. The van der Waals surface area contributed by atoms with Crippen LogP contribution in [0.15, 0.2) is 60.9 Å². The molecule has 0 saturated carbocycles. The third kappa shape index (κ3) is 3.25. The third-order valence-corrected chi connectivity index (χ3v) is 6.33. The highest BCUT2D eigenvalue weighted by molar-refractivity contribution is 6.27. The molecule has 0 atom stereocenters. The van der Waals surface area contributed by atoms with Crippen LogP contribution in [0.1, 0.15) is 26.3 Å². The highest BCUT2D eigenvalue weighted by Gasteiger charge is 2.39. The first-order chi connectivity index (χ1) is 17.1. The third-order valence-electron chi connectivity index (χ3n) is 6.33. The Morgan fingerprint density at radius 2 is 1.60 bits per heavy atom. The number of ether oxygens (including phenoxy) is 4. The summed E-state index contributed by atoms with van der Waals surface area (Å²) in [5, 5.41) is 1.54. The number of carbonyl (C=O) groups is 2. The second-order valence-corrected chi connectivity index (χ2v) is 8.22. The van der Waals surface area contributed by atoms with Gasteiger partial charge in [-0.1, -0.05) is 6.07 Å². The monoisotopic (exact) mass is 468 g/mol. The van der Waals surface area contributed by atoms with Gasteiger partial charge in [0.25, 0.3) is 11.8 Å². The van der Waals surface area contributed by atoms with Gasteiger partial charge in [-0.05, 0) is 64.4 Å². The summed E-state index contributed by atoms with van der Waals surface area (Å²) in [6.45, 7) is 0.272. The molecule has 8 heteroatoms. The Morgan fingerprint density at radius 3 is 2.34 bits per heavy atom. The molecule has 0 N–H and O–H groups in total. The van der Waals surface area contributed by atoms with Crippen molar-refractivity contribution < 1.29 is 28.5 Å². The van der Waals surface area contributed by atoms with Crippen molar-refractivity contribution in [2.75, 3.05) is 21.0 Å². The van der Waals surface area contributed by atoms with Crippen LogP contribution in [-0.4, -0.2) is 42.7 Å². The average Bonchev–Trinajstić information content (AvgIpc) is 3.44. The Balaban J connectivity index is 1.60. The number of hydrogen-bond acceptors (Lipinski definition) is 7. The normalized spacial score (nSPS) is 13.9. The average molecular weight is 468 g/mol. The number of fused-ring (bicyclic) bond motifs is 3. The molecule has 1 aromatic heterocycles. The van der Waals surface area contributed by atoms with E-state index in [9.17, 15) is 9.59 Å². The first-order valence-corrected chi connectivity index (χ1v) is 11.0. The number of benzene rings is 3. The van der Waals surface area contributed by atoms with Crippen LogP contribution in [0, 0.1) is 0 Å². The smallest absolute Gasteiger partial charge is 0.262 e. The van der Waals surface area contributed by atoms with Crippen LogP contribution in [0.3, 0.4) is 0 Å². The summed E-state index contributed by atoms with van der Waals surface area (Å²) in [4.78, 5) is 32.5. The fraction of sp³-hybridized carbons (Fsp3) is 0.148. The lowest BCUT2D eigenvalue weighted by Crippen LogP contribution is -2.29. The Kier molecular flexibility index (Phi) is 4.81. The Bertz CT molecular complexity index is 1520. The Labute approximate surface area is 200 Å². The van der Waals surface area contributed by atoms with E-state index >= 15 is 0 Å². The largest absolute Gasteiger partial charge is 0.493 e. The number of pyridine rings is 1. The van der Waals surface area contributed by atoms with Gasteiger partial charge in [0.15, 0.2) is 23.0 Å². The van der Waals surface area contributed by atoms with E-state index in [-0.39, 0.29) is 25.2 Å². The van der Waals surface area contributed by atoms with Crippen LogP contribution in [0.25, 0.3) is 21.9 Å². The van der Waals surface area contributed by atoms with Gasteiger partial charge in [-0.25, -0.2) is 0 Å². The van der Waals surface area contributed by atoms with Crippen molar-refractivity contribution in [1.82, 2.24) is 9.88 Å². The summed E-state index contributed by atoms with van der Waals surface area (Å²) in [6, 6.07) is 14.5. The maximum atomic E-state index is 13.7. The van der Waals surface area contributed by atoms with E-state index < -0.39 is 0 Å². The number of methoxy groups -OCH3 is 2. The van der Waals surface area contributed by atoms with Crippen LogP contribution in [0.5, 0.6) is 23.0 Å². The molecule has 8 nitrogen and oxygen atoms in total. The number of carbonyl (C=O) groups excluding carboxylic acids is 2. The number of amides is 2. The van der Waals surface area contributed by atoms with Crippen LogP contribution in [0.4, 0.5) is 0 Å². The summed E-state index contributed by atoms with van der Waals surface area (Å²) in [7, 11) is 3.12. The molecule has 6 rings (SSSR count). The minimum atomic E-state index is -0.355. The highest BCUT2D eigenvalue weighted by atomic mass is 16.7. The first-order valence-electron chi connectivity index (χ1n) is 11.0. The number of nitrogens with zero attached hydrogens (tertiary/aromatic N) is 2. The predicted octanol–water partition coefficient (Wildman–Crippen LogP) is 4.44. The van der Waals surface area contributed by atoms with Crippen LogP contribution in [0.2, 0.25) is 0 Å². The van der Waals surface area contributed by atoms with Crippen LogP contribution in [-0.2, 0) is 6.54 Å². The molecule has 2 aliphatic heterocycles. The van der Waals surface area contributed by atoms with Crippen molar-refractivity contribution in [3.63, 3.8) is 0 Å². The van der Waals surface area contributed by atoms with Gasteiger partial charge in [0.2, 0.25) is 6.79 Å². The van der Waals surface area contributed by atoms with Crippen molar-refractivity contribution in [2.45, 2.75) is 6.54 Å². The molecule has 0 saturated heterocycles. The molecule has 35 heavy (non-hydrogen) atoms. The van der Waals surface area contributed by atoms with Gasteiger partial charge < -0.3 is 18.9 Å². The topological polar surface area (TPSA) is 87.2 Å². The zero-order valence-corrected chi connectivity index (χ0v) is 19.0. The van der Waals surface area contributed by atoms with Gasteiger partial charge in [-0.3, -0.25) is 19.5 Å². The number of aromatic nitrogens is 1. The molecule has 3 heterocycles. The molecular formula is C27H20N2O6. The van der Waals surface area contributed by atoms with E-state index in [1.165, 1.54) is 4.90 Å². The highest BCUT2D eigenvalue weighted by Crippen LogP contribution is 2.45. The molecule has 0 bridgehead atoms. The molecule has 0 aliphatic carbocycles. The molecule has 4 aromatic rings.